The molecule has 0 radical (unpaired) electrons. The molecular weight excluding hydrogens is 328 g/mol. The van der Waals surface area contributed by atoms with Crippen LogP contribution in [0.2, 0.25) is 0 Å². The summed E-state index contributed by atoms with van der Waals surface area (Å²) in [7, 11) is 0. The fraction of sp³-hybridized carbons (Fsp3) is 0.312. The van der Waals surface area contributed by atoms with E-state index in [1.165, 1.54) is 11.3 Å². The lowest BCUT2D eigenvalue weighted by molar-refractivity contribution is -0.116. The molecule has 0 saturated heterocycles. The van der Waals surface area contributed by atoms with Gasteiger partial charge in [-0.15, -0.1) is 22.7 Å². The van der Waals surface area contributed by atoms with Crippen molar-refractivity contribution in [3.05, 3.63) is 34.7 Å². The van der Waals surface area contributed by atoms with Crippen LogP contribution in [0, 0.1) is 12.8 Å². The molecule has 5 nitrogen and oxygen atoms in total. The van der Waals surface area contributed by atoms with Crippen LogP contribution in [-0.2, 0) is 4.79 Å². The zero-order valence-electron chi connectivity index (χ0n) is 13.2. The minimum atomic E-state index is -0.00353. The third-order valence-electron chi connectivity index (χ3n) is 3.14. The smallest absolute Gasteiger partial charge is 0.225 e. The predicted molar refractivity (Wildman–Crippen MR) is 95.4 cm³/mol. The molecule has 0 saturated carbocycles. The van der Waals surface area contributed by atoms with Crippen molar-refractivity contribution >= 4 is 34.4 Å². The van der Waals surface area contributed by atoms with E-state index in [2.05, 4.69) is 15.4 Å². The summed E-state index contributed by atoms with van der Waals surface area (Å²) >= 11 is 3.17. The molecular formula is C16H18N4OS2. The summed E-state index contributed by atoms with van der Waals surface area (Å²) in [6.45, 7) is 5.95. The fourth-order valence-electron chi connectivity index (χ4n) is 2.20. The monoisotopic (exact) mass is 346 g/mol. The topological polar surface area (TPSA) is 59.8 Å². The largest absolute Gasteiger partial charge is 0.310 e. The summed E-state index contributed by atoms with van der Waals surface area (Å²) in [4.78, 5) is 17.8. The molecule has 3 heterocycles. The molecule has 3 aromatic rings. The Balaban J connectivity index is 1.87. The molecule has 0 spiro atoms. The summed E-state index contributed by atoms with van der Waals surface area (Å²) < 4.78 is 1.70. The SMILES string of the molecule is Cc1cc(NC(=O)CC(C)C)n(-c2nc(-c3cccs3)cs2)n1. The first kappa shape index (κ1) is 15.9. The number of thiazole rings is 1. The number of amides is 1. The summed E-state index contributed by atoms with van der Waals surface area (Å²) in [5.74, 6) is 0.981. The number of rotatable bonds is 5. The molecule has 0 unspecified atom stereocenters. The van der Waals surface area contributed by atoms with Crippen LogP contribution in [0.3, 0.4) is 0 Å². The van der Waals surface area contributed by atoms with Gasteiger partial charge in [-0.3, -0.25) is 4.79 Å². The molecule has 0 aliphatic heterocycles. The van der Waals surface area contributed by atoms with Gasteiger partial charge < -0.3 is 5.32 Å². The van der Waals surface area contributed by atoms with E-state index in [9.17, 15) is 4.79 Å². The van der Waals surface area contributed by atoms with Gasteiger partial charge in [-0.2, -0.15) is 9.78 Å². The van der Waals surface area contributed by atoms with Crippen molar-refractivity contribution in [1.82, 2.24) is 14.8 Å². The van der Waals surface area contributed by atoms with Crippen molar-refractivity contribution < 1.29 is 4.79 Å². The number of anilines is 1. The molecule has 7 heteroatoms. The number of nitrogens with one attached hydrogen (secondary N) is 1. The summed E-state index contributed by atoms with van der Waals surface area (Å²) in [5.41, 5.74) is 1.78. The Morgan fingerprint density at radius 1 is 1.39 bits per heavy atom. The number of hydrogen-bond acceptors (Lipinski definition) is 5. The van der Waals surface area contributed by atoms with Gasteiger partial charge in [0, 0.05) is 17.9 Å². The van der Waals surface area contributed by atoms with Gasteiger partial charge in [-0.25, -0.2) is 4.98 Å². The highest BCUT2D eigenvalue weighted by atomic mass is 32.1. The number of carbonyl (C=O) groups is 1. The molecule has 120 valence electrons. The average Bonchev–Trinajstić information content (AvgIpc) is 3.16. The third kappa shape index (κ3) is 3.68. The van der Waals surface area contributed by atoms with Gasteiger partial charge in [0.2, 0.25) is 11.0 Å². The lowest BCUT2D eigenvalue weighted by Crippen LogP contribution is -2.16. The number of hydrogen-bond donors (Lipinski definition) is 1. The molecule has 3 aromatic heterocycles. The predicted octanol–water partition coefficient (Wildman–Crippen LogP) is 4.35. The first-order chi connectivity index (χ1) is 11.0. The molecule has 3 rings (SSSR count). The van der Waals surface area contributed by atoms with Crippen molar-refractivity contribution in [2.45, 2.75) is 27.2 Å². The van der Waals surface area contributed by atoms with E-state index in [0.29, 0.717) is 18.2 Å². The molecule has 23 heavy (non-hydrogen) atoms. The highest BCUT2D eigenvalue weighted by molar-refractivity contribution is 7.15. The third-order valence-corrected chi connectivity index (χ3v) is 4.85. The van der Waals surface area contributed by atoms with E-state index in [4.69, 9.17) is 0 Å². The van der Waals surface area contributed by atoms with Crippen molar-refractivity contribution in [2.75, 3.05) is 5.32 Å². The molecule has 0 fully saturated rings. The summed E-state index contributed by atoms with van der Waals surface area (Å²) in [5, 5.41) is 12.2. The fourth-order valence-corrected chi connectivity index (χ4v) is 3.75. The summed E-state index contributed by atoms with van der Waals surface area (Å²) in [6.07, 6.45) is 0.489. The maximum Gasteiger partial charge on any atom is 0.225 e. The van der Waals surface area contributed by atoms with Crippen LogP contribution in [0.1, 0.15) is 26.0 Å². The molecule has 0 aliphatic rings. The van der Waals surface area contributed by atoms with Gasteiger partial charge in [0.1, 0.15) is 5.82 Å². The molecule has 0 bridgehead atoms. The van der Waals surface area contributed by atoms with Crippen LogP contribution in [0.5, 0.6) is 0 Å². The molecule has 0 aliphatic carbocycles. The highest BCUT2D eigenvalue weighted by Crippen LogP contribution is 2.29. The maximum atomic E-state index is 12.0. The van der Waals surface area contributed by atoms with Gasteiger partial charge >= 0.3 is 0 Å². The first-order valence-electron chi connectivity index (χ1n) is 7.39. The van der Waals surface area contributed by atoms with Gasteiger partial charge in [0.05, 0.1) is 16.3 Å². The number of carbonyl (C=O) groups excluding carboxylic acids is 1. The minimum Gasteiger partial charge on any atom is -0.310 e. The zero-order valence-corrected chi connectivity index (χ0v) is 14.9. The second-order valence-electron chi connectivity index (χ2n) is 5.72. The van der Waals surface area contributed by atoms with Crippen LogP contribution in [0.15, 0.2) is 29.0 Å². The average molecular weight is 346 g/mol. The Kier molecular flexibility index (Phi) is 4.58. The normalized spacial score (nSPS) is 11.1. The van der Waals surface area contributed by atoms with Crippen molar-refractivity contribution in [3.8, 4) is 15.7 Å². The lowest BCUT2D eigenvalue weighted by Gasteiger charge is -2.07. The van der Waals surface area contributed by atoms with Crippen LogP contribution in [0.4, 0.5) is 5.82 Å². The Morgan fingerprint density at radius 2 is 2.22 bits per heavy atom. The van der Waals surface area contributed by atoms with Crippen molar-refractivity contribution in [1.29, 1.82) is 0 Å². The Labute approximate surface area is 143 Å². The maximum absolute atomic E-state index is 12.0. The highest BCUT2D eigenvalue weighted by Gasteiger charge is 2.15. The van der Waals surface area contributed by atoms with Gasteiger partial charge in [-0.05, 0) is 24.3 Å². The second kappa shape index (κ2) is 6.64. The number of thiophene rings is 1. The molecule has 0 aromatic carbocycles. The van der Waals surface area contributed by atoms with E-state index in [1.54, 1.807) is 16.0 Å². The van der Waals surface area contributed by atoms with Crippen molar-refractivity contribution in [2.24, 2.45) is 5.92 Å². The van der Waals surface area contributed by atoms with Crippen LogP contribution < -0.4 is 5.32 Å². The van der Waals surface area contributed by atoms with E-state index in [1.807, 2.05) is 49.7 Å². The van der Waals surface area contributed by atoms with E-state index >= 15 is 0 Å². The second-order valence-corrected chi connectivity index (χ2v) is 7.51. The quantitative estimate of drug-likeness (QED) is 0.747. The van der Waals surface area contributed by atoms with Gasteiger partial charge in [0.25, 0.3) is 0 Å². The van der Waals surface area contributed by atoms with Crippen LogP contribution >= 0.6 is 22.7 Å². The number of aryl methyl sites for hydroxylation is 1. The van der Waals surface area contributed by atoms with Crippen LogP contribution in [0.25, 0.3) is 15.7 Å². The van der Waals surface area contributed by atoms with E-state index < -0.39 is 0 Å². The Bertz CT molecular complexity index is 802. The Morgan fingerprint density at radius 3 is 2.91 bits per heavy atom. The number of aromatic nitrogens is 3. The standard InChI is InChI=1S/C16H18N4OS2/c1-10(2)7-15(21)18-14-8-11(3)19-20(14)16-17-12(9-23-16)13-5-4-6-22-13/h4-6,8-10H,7H2,1-3H3,(H,18,21). The Hall–Kier alpha value is -1.99. The summed E-state index contributed by atoms with van der Waals surface area (Å²) in [6, 6.07) is 5.92. The number of nitrogens with zero attached hydrogens (tertiary/aromatic N) is 3. The van der Waals surface area contributed by atoms with Crippen LogP contribution in [-0.4, -0.2) is 20.7 Å². The molecule has 1 amide bonds. The van der Waals surface area contributed by atoms with Crippen molar-refractivity contribution in [3.63, 3.8) is 0 Å². The molecule has 1 N–H and O–H groups in total. The first-order valence-corrected chi connectivity index (χ1v) is 9.15. The minimum absolute atomic E-state index is 0.00353. The lowest BCUT2D eigenvalue weighted by atomic mass is 10.1. The van der Waals surface area contributed by atoms with Gasteiger partial charge in [0.15, 0.2) is 0 Å². The zero-order chi connectivity index (χ0) is 16.4. The van der Waals surface area contributed by atoms with Gasteiger partial charge in [-0.1, -0.05) is 19.9 Å². The molecule has 0 atom stereocenters. The van der Waals surface area contributed by atoms with E-state index in [-0.39, 0.29) is 5.91 Å². The van der Waals surface area contributed by atoms with E-state index in [0.717, 1.165) is 21.4 Å².